The topological polar surface area (TPSA) is 4.93 Å². The van der Waals surface area contributed by atoms with Crippen LogP contribution in [0.15, 0.2) is 91.0 Å². The standard InChI is InChI=1S/C27H19NS/c1-2-9-18-10-8-14-22-25-24(29-27(18)22)17-16-21-20-13-6-7-15-23(20)28(26(21)25)19-11-4-3-5-12-19/h2-17H,1H3/b9-2+. The Bertz CT molecular complexity index is 1550. The van der Waals surface area contributed by atoms with E-state index in [0.29, 0.717) is 0 Å². The Hall–Kier alpha value is -3.36. The van der Waals surface area contributed by atoms with Gasteiger partial charge in [0.15, 0.2) is 0 Å². The minimum absolute atomic E-state index is 1.20. The molecular weight excluding hydrogens is 370 g/mol. The SMILES string of the molecule is C/C=C/c1cccc2c1sc1ccc3c4ccccc4n(-c4ccccc4)c3c12. The maximum absolute atomic E-state index is 2.43. The molecular formula is C27H19NS. The van der Waals surface area contributed by atoms with Gasteiger partial charge < -0.3 is 4.57 Å². The van der Waals surface area contributed by atoms with Crippen LogP contribution in [0.1, 0.15) is 12.5 Å². The Kier molecular flexibility index (Phi) is 3.62. The molecule has 0 fully saturated rings. The normalized spacial score (nSPS) is 12.2. The molecule has 4 aromatic carbocycles. The van der Waals surface area contributed by atoms with Crippen LogP contribution in [0, 0.1) is 0 Å². The van der Waals surface area contributed by atoms with Gasteiger partial charge in [0.25, 0.3) is 0 Å². The van der Waals surface area contributed by atoms with Gasteiger partial charge in [-0.15, -0.1) is 11.3 Å². The van der Waals surface area contributed by atoms with Gasteiger partial charge in [0.1, 0.15) is 0 Å². The van der Waals surface area contributed by atoms with Crippen molar-refractivity contribution in [3.05, 3.63) is 96.6 Å². The second-order valence-electron chi connectivity index (χ2n) is 7.35. The quantitative estimate of drug-likeness (QED) is 0.281. The minimum Gasteiger partial charge on any atom is -0.309 e. The minimum atomic E-state index is 1.20. The third-order valence-electron chi connectivity index (χ3n) is 5.69. The predicted molar refractivity (Wildman–Crippen MR) is 128 cm³/mol. The smallest absolute Gasteiger partial charge is 0.0634 e. The Morgan fingerprint density at radius 3 is 2.38 bits per heavy atom. The molecule has 0 bridgehead atoms. The van der Waals surface area contributed by atoms with E-state index in [1.807, 2.05) is 11.3 Å². The van der Waals surface area contributed by atoms with Gasteiger partial charge >= 0.3 is 0 Å². The van der Waals surface area contributed by atoms with Crippen LogP contribution in [0.4, 0.5) is 0 Å². The molecule has 0 aliphatic rings. The molecule has 0 N–H and O–H groups in total. The van der Waals surface area contributed by atoms with Gasteiger partial charge in [-0.25, -0.2) is 0 Å². The molecule has 0 atom stereocenters. The molecule has 0 saturated carbocycles. The summed E-state index contributed by atoms with van der Waals surface area (Å²) < 4.78 is 5.13. The lowest BCUT2D eigenvalue weighted by Crippen LogP contribution is -1.93. The van der Waals surface area contributed by atoms with Crippen molar-refractivity contribution >= 4 is 59.4 Å². The molecule has 1 nitrogen and oxygen atoms in total. The zero-order valence-electron chi connectivity index (χ0n) is 16.1. The first-order valence-corrected chi connectivity index (χ1v) is 10.7. The van der Waals surface area contributed by atoms with Crippen molar-refractivity contribution in [2.75, 3.05) is 0 Å². The van der Waals surface area contributed by atoms with E-state index >= 15 is 0 Å². The molecule has 0 aliphatic heterocycles. The van der Waals surface area contributed by atoms with E-state index in [1.54, 1.807) is 0 Å². The van der Waals surface area contributed by atoms with Crippen molar-refractivity contribution in [1.82, 2.24) is 4.57 Å². The first kappa shape index (κ1) is 16.6. The van der Waals surface area contributed by atoms with Gasteiger partial charge in [-0.2, -0.15) is 0 Å². The van der Waals surface area contributed by atoms with Crippen LogP contribution in [0.5, 0.6) is 0 Å². The van der Waals surface area contributed by atoms with Crippen molar-refractivity contribution in [3.63, 3.8) is 0 Å². The Morgan fingerprint density at radius 2 is 1.52 bits per heavy atom. The first-order valence-electron chi connectivity index (χ1n) is 9.92. The highest BCUT2D eigenvalue weighted by molar-refractivity contribution is 7.26. The average molecular weight is 390 g/mol. The van der Waals surface area contributed by atoms with Crippen LogP contribution < -0.4 is 0 Å². The number of allylic oxidation sites excluding steroid dienone is 1. The fraction of sp³-hybridized carbons (Fsp3) is 0.0370. The highest BCUT2D eigenvalue weighted by atomic mass is 32.1. The number of hydrogen-bond donors (Lipinski definition) is 0. The summed E-state index contributed by atoms with van der Waals surface area (Å²) >= 11 is 1.89. The molecule has 0 spiro atoms. The van der Waals surface area contributed by atoms with Crippen LogP contribution in [0.25, 0.3) is 53.7 Å². The summed E-state index contributed by atoms with van der Waals surface area (Å²) in [6.45, 7) is 2.08. The number of rotatable bonds is 2. The first-order chi connectivity index (χ1) is 14.4. The summed E-state index contributed by atoms with van der Waals surface area (Å²) in [5.41, 5.74) is 5.06. The second-order valence-corrected chi connectivity index (χ2v) is 8.40. The van der Waals surface area contributed by atoms with Gasteiger partial charge in [0.2, 0.25) is 0 Å². The van der Waals surface area contributed by atoms with Gasteiger partial charge in [-0.3, -0.25) is 0 Å². The molecule has 29 heavy (non-hydrogen) atoms. The number of benzene rings is 4. The molecule has 6 rings (SSSR count). The molecule has 0 aliphatic carbocycles. The average Bonchev–Trinajstić information content (AvgIpc) is 3.31. The molecule has 0 saturated heterocycles. The summed E-state index contributed by atoms with van der Waals surface area (Å²) in [5.74, 6) is 0. The third kappa shape index (κ3) is 2.33. The Balaban J connectivity index is 1.90. The van der Waals surface area contributed by atoms with E-state index in [2.05, 4.69) is 109 Å². The molecule has 2 heterocycles. The second kappa shape index (κ2) is 6.33. The van der Waals surface area contributed by atoms with Crippen LogP contribution in [0.3, 0.4) is 0 Å². The maximum Gasteiger partial charge on any atom is 0.0634 e. The number of para-hydroxylation sites is 2. The molecule has 2 aromatic heterocycles. The number of hydrogen-bond acceptors (Lipinski definition) is 1. The van der Waals surface area contributed by atoms with E-state index in [1.165, 1.54) is 53.2 Å². The zero-order chi connectivity index (χ0) is 19.4. The van der Waals surface area contributed by atoms with Crippen LogP contribution in [-0.4, -0.2) is 4.57 Å². The van der Waals surface area contributed by atoms with E-state index in [4.69, 9.17) is 0 Å². The molecule has 138 valence electrons. The number of fused-ring (bicyclic) bond motifs is 7. The fourth-order valence-corrected chi connectivity index (χ4v) is 5.71. The predicted octanol–water partition coefficient (Wildman–Crippen LogP) is 8.18. The van der Waals surface area contributed by atoms with Crippen molar-refractivity contribution in [1.29, 1.82) is 0 Å². The maximum atomic E-state index is 2.43. The highest BCUT2D eigenvalue weighted by Gasteiger charge is 2.18. The molecule has 0 unspecified atom stereocenters. The van der Waals surface area contributed by atoms with Crippen LogP contribution >= 0.6 is 11.3 Å². The van der Waals surface area contributed by atoms with Crippen molar-refractivity contribution in [2.45, 2.75) is 6.92 Å². The monoisotopic (exact) mass is 389 g/mol. The van der Waals surface area contributed by atoms with Crippen molar-refractivity contribution in [3.8, 4) is 5.69 Å². The number of nitrogens with zero attached hydrogens (tertiary/aromatic N) is 1. The van der Waals surface area contributed by atoms with Gasteiger partial charge in [-0.05, 0) is 36.8 Å². The fourth-order valence-electron chi connectivity index (χ4n) is 4.52. The molecule has 0 radical (unpaired) electrons. The Morgan fingerprint density at radius 1 is 0.724 bits per heavy atom. The van der Waals surface area contributed by atoms with Gasteiger partial charge in [0, 0.05) is 36.6 Å². The molecule has 2 heteroatoms. The summed E-state index contributed by atoms with van der Waals surface area (Å²) in [7, 11) is 0. The largest absolute Gasteiger partial charge is 0.309 e. The van der Waals surface area contributed by atoms with E-state index in [9.17, 15) is 0 Å². The van der Waals surface area contributed by atoms with Crippen molar-refractivity contribution in [2.24, 2.45) is 0 Å². The lowest BCUT2D eigenvalue weighted by molar-refractivity contribution is 1.19. The zero-order valence-corrected chi connectivity index (χ0v) is 16.9. The number of thiophene rings is 1. The van der Waals surface area contributed by atoms with Crippen LogP contribution in [-0.2, 0) is 0 Å². The summed E-state index contributed by atoms with van der Waals surface area (Å²) in [5, 5.41) is 5.31. The van der Waals surface area contributed by atoms with E-state index < -0.39 is 0 Å². The Labute approximate surface area is 173 Å². The van der Waals surface area contributed by atoms with Crippen LogP contribution in [0.2, 0.25) is 0 Å². The van der Waals surface area contributed by atoms with E-state index in [0.717, 1.165) is 0 Å². The summed E-state index contributed by atoms with van der Waals surface area (Å²) in [6.07, 6.45) is 4.33. The highest BCUT2D eigenvalue weighted by Crippen LogP contribution is 2.43. The third-order valence-corrected chi connectivity index (χ3v) is 6.91. The van der Waals surface area contributed by atoms with Gasteiger partial charge in [0.05, 0.1) is 11.0 Å². The van der Waals surface area contributed by atoms with Crippen molar-refractivity contribution < 1.29 is 0 Å². The molecule has 6 aromatic rings. The van der Waals surface area contributed by atoms with E-state index in [-0.39, 0.29) is 0 Å². The lowest BCUT2D eigenvalue weighted by Gasteiger charge is -2.08. The lowest BCUT2D eigenvalue weighted by atomic mass is 10.1. The summed E-state index contributed by atoms with van der Waals surface area (Å²) in [4.78, 5) is 0. The molecule has 0 amide bonds. The van der Waals surface area contributed by atoms with Gasteiger partial charge in [-0.1, -0.05) is 72.8 Å². The number of aromatic nitrogens is 1. The summed E-state index contributed by atoms with van der Waals surface area (Å²) in [6, 6.07) is 30.7.